The van der Waals surface area contributed by atoms with Crippen LogP contribution >= 0.6 is 11.9 Å². The summed E-state index contributed by atoms with van der Waals surface area (Å²) in [5.41, 5.74) is 2.00. The van der Waals surface area contributed by atoms with Gasteiger partial charge in [-0.1, -0.05) is 18.0 Å². The van der Waals surface area contributed by atoms with Gasteiger partial charge in [-0.25, -0.2) is 13.5 Å². The zero-order chi connectivity index (χ0) is 19.8. The first kappa shape index (κ1) is 21.0. The van der Waals surface area contributed by atoms with Crippen LogP contribution in [0, 0.1) is 5.82 Å². The quantitative estimate of drug-likeness (QED) is 0.599. The van der Waals surface area contributed by atoms with E-state index in [0.29, 0.717) is 35.7 Å². The Bertz CT molecular complexity index is 787. The number of ether oxygens (including phenoxy) is 2. The van der Waals surface area contributed by atoms with E-state index >= 15 is 0 Å². The van der Waals surface area contributed by atoms with Crippen molar-refractivity contribution in [3.8, 4) is 22.6 Å². The van der Waals surface area contributed by atoms with Crippen LogP contribution in [0.4, 0.5) is 4.39 Å². The minimum atomic E-state index is -1.10. The Morgan fingerprint density at radius 2 is 2.04 bits per heavy atom. The molecule has 0 amide bonds. The second-order valence-electron chi connectivity index (χ2n) is 5.66. The summed E-state index contributed by atoms with van der Waals surface area (Å²) in [7, 11) is 1.45. The lowest BCUT2D eigenvalue weighted by Gasteiger charge is -2.19. The fraction of sp³-hybridized carbons (Fsp3) is 0.316. The van der Waals surface area contributed by atoms with Crippen molar-refractivity contribution < 1.29 is 28.9 Å². The molecule has 0 saturated heterocycles. The number of rotatable bonds is 10. The standard InChI is InChI=1S/C19H22FNO5S/c1-25-16-9-14(8-15(20)10-16)17-7-13(11-21(27-2)5-6-22)3-4-18(17)26-12-19(23)24/h3-4,7-10,22H,5-6,11-12H2,1-2H3,(H,23,24). The average molecular weight is 395 g/mol. The number of carboxylic acid groups (broad SMARTS) is 1. The zero-order valence-electron chi connectivity index (χ0n) is 15.1. The molecule has 2 aromatic rings. The lowest BCUT2D eigenvalue weighted by atomic mass is 10.0. The topological polar surface area (TPSA) is 79.2 Å². The van der Waals surface area contributed by atoms with Gasteiger partial charge in [0.15, 0.2) is 6.61 Å². The van der Waals surface area contributed by atoms with Crippen LogP contribution in [0.2, 0.25) is 0 Å². The van der Waals surface area contributed by atoms with Gasteiger partial charge in [-0.2, -0.15) is 0 Å². The molecule has 0 fully saturated rings. The van der Waals surface area contributed by atoms with Crippen LogP contribution in [0.1, 0.15) is 5.56 Å². The molecule has 0 heterocycles. The fourth-order valence-corrected chi connectivity index (χ4v) is 3.09. The molecule has 0 bridgehead atoms. The summed E-state index contributed by atoms with van der Waals surface area (Å²) in [4.78, 5) is 10.9. The molecule has 2 rings (SSSR count). The highest BCUT2D eigenvalue weighted by Crippen LogP contribution is 2.34. The van der Waals surface area contributed by atoms with Crippen molar-refractivity contribution in [2.24, 2.45) is 0 Å². The van der Waals surface area contributed by atoms with Crippen molar-refractivity contribution >= 4 is 17.9 Å². The molecule has 8 heteroatoms. The Morgan fingerprint density at radius 3 is 2.67 bits per heavy atom. The number of hydrogen-bond donors (Lipinski definition) is 2. The highest BCUT2D eigenvalue weighted by molar-refractivity contribution is 7.96. The van der Waals surface area contributed by atoms with Crippen LogP contribution in [0.15, 0.2) is 36.4 Å². The minimum absolute atomic E-state index is 0.0363. The van der Waals surface area contributed by atoms with Gasteiger partial charge in [-0.3, -0.25) is 0 Å². The summed E-state index contributed by atoms with van der Waals surface area (Å²) in [5, 5.41) is 18.0. The second kappa shape index (κ2) is 10.1. The van der Waals surface area contributed by atoms with Crippen LogP contribution in [-0.4, -0.2) is 53.6 Å². The molecule has 0 aliphatic carbocycles. The molecule has 27 heavy (non-hydrogen) atoms. The third kappa shape index (κ3) is 6.13. The van der Waals surface area contributed by atoms with Gasteiger partial charge in [-0.15, -0.1) is 0 Å². The number of carbonyl (C=O) groups is 1. The van der Waals surface area contributed by atoms with Crippen LogP contribution in [0.25, 0.3) is 11.1 Å². The number of hydrogen-bond acceptors (Lipinski definition) is 6. The van der Waals surface area contributed by atoms with Crippen molar-refractivity contribution in [2.45, 2.75) is 6.54 Å². The van der Waals surface area contributed by atoms with Crippen LogP contribution in [0.5, 0.6) is 11.5 Å². The average Bonchev–Trinajstić information content (AvgIpc) is 2.65. The molecule has 6 nitrogen and oxygen atoms in total. The Labute approximate surface area is 161 Å². The third-order valence-corrected chi connectivity index (χ3v) is 4.61. The first-order valence-corrected chi connectivity index (χ1v) is 9.37. The first-order valence-electron chi connectivity index (χ1n) is 8.19. The molecular formula is C19H22FNO5S. The summed E-state index contributed by atoms with van der Waals surface area (Å²) < 4.78 is 26.4. The number of aliphatic hydroxyl groups excluding tert-OH is 1. The predicted octanol–water partition coefficient (Wildman–Crippen LogP) is 3.04. The maximum absolute atomic E-state index is 14.0. The third-order valence-electron chi connectivity index (χ3n) is 3.78. The largest absolute Gasteiger partial charge is 0.497 e. The van der Waals surface area contributed by atoms with E-state index in [4.69, 9.17) is 19.7 Å². The van der Waals surface area contributed by atoms with Gasteiger partial charge in [0.1, 0.15) is 17.3 Å². The molecule has 2 aromatic carbocycles. The van der Waals surface area contributed by atoms with Crippen molar-refractivity contribution in [3.05, 3.63) is 47.8 Å². The summed E-state index contributed by atoms with van der Waals surface area (Å²) in [5.74, 6) is -0.874. The van der Waals surface area contributed by atoms with Gasteiger partial charge in [0.25, 0.3) is 0 Å². The summed E-state index contributed by atoms with van der Waals surface area (Å²) >= 11 is 1.50. The number of benzene rings is 2. The molecule has 0 aliphatic heterocycles. The Hall–Kier alpha value is -2.29. The molecular weight excluding hydrogens is 373 g/mol. The Morgan fingerprint density at radius 1 is 1.26 bits per heavy atom. The van der Waals surface area contributed by atoms with E-state index in [9.17, 15) is 9.18 Å². The predicted molar refractivity (Wildman–Crippen MR) is 103 cm³/mol. The van der Waals surface area contributed by atoms with Gasteiger partial charge < -0.3 is 19.7 Å². The zero-order valence-corrected chi connectivity index (χ0v) is 16.0. The van der Waals surface area contributed by atoms with E-state index in [1.807, 2.05) is 22.7 Å². The normalized spacial score (nSPS) is 10.9. The molecule has 0 aliphatic rings. The highest BCUT2D eigenvalue weighted by atomic mass is 32.2. The monoisotopic (exact) mass is 395 g/mol. The lowest BCUT2D eigenvalue weighted by molar-refractivity contribution is -0.139. The Balaban J connectivity index is 2.44. The number of aliphatic carboxylic acids is 1. The first-order chi connectivity index (χ1) is 13.0. The number of methoxy groups -OCH3 is 1. The molecule has 2 N–H and O–H groups in total. The molecule has 0 unspecified atom stereocenters. The minimum Gasteiger partial charge on any atom is -0.497 e. The van der Waals surface area contributed by atoms with Gasteiger partial charge in [0.05, 0.1) is 13.7 Å². The lowest BCUT2D eigenvalue weighted by Crippen LogP contribution is -2.18. The van der Waals surface area contributed by atoms with E-state index in [2.05, 4.69) is 0 Å². The summed E-state index contributed by atoms with van der Waals surface area (Å²) in [6, 6.07) is 9.58. The van der Waals surface area contributed by atoms with Gasteiger partial charge in [-0.05, 0) is 41.6 Å². The van der Waals surface area contributed by atoms with Crippen molar-refractivity contribution in [2.75, 3.05) is 33.1 Å². The molecule has 0 aromatic heterocycles. The summed E-state index contributed by atoms with van der Waals surface area (Å²) in [6.07, 6.45) is 1.92. The molecule has 0 saturated carbocycles. The van der Waals surface area contributed by atoms with Gasteiger partial charge >= 0.3 is 5.97 Å². The number of aliphatic hydroxyl groups is 1. The molecule has 146 valence electrons. The maximum Gasteiger partial charge on any atom is 0.341 e. The van der Waals surface area contributed by atoms with Gasteiger partial charge in [0, 0.05) is 24.7 Å². The van der Waals surface area contributed by atoms with Gasteiger partial charge in [0.2, 0.25) is 0 Å². The smallest absolute Gasteiger partial charge is 0.341 e. The van der Waals surface area contributed by atoms with Crippen LogP contribution in [-0.2, 0) is 11.3 Å². The summed E-state index contributed by atoms with van der Waals surface area (Å²) in [6.45, 7) is 0.594. The van der Waals surface area contributed by atoms with Crippen molar-refractivity contribution in [3.63, 3.8) is 0 Å². The van der Waals surface area contributed by atoms with Crippen molar-refractivity contribution in [1.82, 2.24) is 4.31 Å². The number of nitrogens with zero attached hydrogens (tertiary/aromatic N) is 1. The number of carboxylic acids is 1. The maximum atomic E-state index is 14.0. The molecule has 0 atom stereocenters. The second-order valence-corrected chi connectivity index (χ2v) is 6.54. The fourth-order valence-electron chi connectivity index (χ4n) is 2.55. The van der Waals surface area contributed by atoms with Crippen molar-refractivity contribution in [1.29, 1.82) is 0 Å². The van der Waals surface area contributed by atoms with E-state index in [1.54, 1.807) is 12.1 Å². The highest BCUT2D eigenvalue weighted by Gasteiger charge is 2.13. The van der Waals surface area contributed by atoms with Crippen LogP contribution < -0.4 is 9.47 Å². The van der Waals surface area contributed by atoms with Crippen LogP contribution in [0.3, 0.4) is 0 Å². The van der Waals surface area contributed by atoms with E-state index < -0.39 is 18.4 Å². The van der Waals surface area contributed by atoms with E-state index in [1.165, 1.54) is 31.2 Å². The number of halogens is 1. The Kier molecular flexibility index (Phi) is 7.90. The van der Waals surface area contributed by atoms with E-state index in [-0.39, 0.29) is 6.61 Å². The molecule has 0 radical (unpaired) electrons. The van der Waals surface area contributed by atoms with E-state index in [0.717, 1.165) is 5.56 Å². The molecule has 0 spiro atoms. The SMILES string of the molecule is COc1cc(F)cc(-c2cc(CN(CCO)SC)ccc2OCC(=O)O)c1.